The maximum atomic E-state index is 12.8. The zero-order valence-electron chi connectivity index (χ0n) is 14.0. The highest BCUT2D eigenvalue weighted by Crippen LogP contribution is 2.27. The lowest BCUT2D eigenvalue weighted by Gasteiger charge is -2.07. The molecule has 0 spiro atoms. The molecule has 0 aliphatic heterocycles. The number of aromatic nitrogens is 1. The van der Waals surface area contributed by atoms with Crippen molar-refractivity contribution < 1.29 is 14.3 Å². The summed E-state index contributed by atoms with van der Waals surface area (Å²) < 4.78 is 5.12. The topological polar surface area (TPSA) is 71.2 Å². The molecule has 3 rings (SSSR count). The molecule has 0 radical (unpaired) electrons. The van der Waals surface area contributed by atoms with Gasteiger partial charge in [0.05, 0.1) is 7.11 Å². The first kappa shape index (κ1) is 16.5. The summed E-state index contributed by atoms with van der Waals surface area (Å²) >= 11 is 0. The van der Waals surface area contributed by atoms with Crippen molar-refractivity contribution in [2.45, 2.75) is 6.92 Å². The van der Waals surface area contributed by atoms with Gasteiger partial charge in [0.25, 0.3) is 0 Å². The van der Waals surface area contributed by atoms with Gasteiger partial charge in [-0.25, -0.2) is 0 Å². The van der Waals surface area contributed by atoms with E-state index in [2.05, 4.69) is 10.3 Å². The fourth-order valence-corrected chi connectivity index (χ4v) is 2.62. The number of ketones is 1. The van der Waals surface area contributed by atoms with Crippen LogP contribution in [0.2, 0.25) is 0 Å². The van der Waals surface area contributed by atoms with E-state index in [9.17, 15) is 9.59 Å². The predicted molar refractivity (Wildman–Crippen MR) is 97.0 cm³/mol. The summed E-state index contributed by atoms with van der Waals surface area (Å²) in [7, 11) is 1.59. The molecule has 2 aromatic carbocycles. The molecule has 5 heteroatoms. The van der Waals surface area contributed by atoms with Gasteiger partial charge in [-0.3, -0.25) is 9.59 Å². The van der Waals surface area contributed by atoms with Gasteiger partial charge in [0, 0.05) is 41.7 Å². The fraction of sp³-hybridized carbons (Fsp3) is 0.100. The fourth-order valence-electron chi connectivity index (χ4n) is 2.62. The third-order valence-electron chi connectivity index (χ3n) is 3.86. The summed E-state index contributed by atoms with van der Waals surface area (Å²) in [5.74, 6) is 0.522. The molecule has 126 valence electrons. The van der Waals surface area contributed by atoms with Gasteiger partial charge in [0.15, 0.2) is 5.78 Å². The Bertz CT molecular complexity index is 893. The van der Waals surface area contributed by atoms with E-state index in [-0.39, 0.29) is 11.7 Å². The van der Waals surface area contributed by atoms with Gasteiger partial charge in [0.1, 0.15) is 5.75 Å². The maximum Gasteiger partial charge on any atom is 0.221 e. The largest absolute Gasteiger partial charge is 0.497 e. The highest BCUT2D eigenvalue weighted by molar-refractivity contribution is 6.12. The molecular formula is C20H18N2O3. The van der Waals surface area contributed by atoms with Gasteiger partial charge in [-0.15, -0.1) is 0 Å². The predicted octanol–water partition coefficient (Wildman–Crippen LogP) is 3.88. The van der Waals surface area contributed by atoms with Crippen LogP contribution in [0, 0.1) is 0 Å². The molecule has 0 saturated heterocycles. The highest BCUT2D eigenvalue weighted by atomic mass is 16.5. The van der Waals surface area contributed by atoms with E-state index in [4.69, 9.17) is 4.74 Å². The van der Waals surface area contributed by atoms with Crippen molar-refractivity contribution >= 4 is 17.4 Å². The number of benzene rings is 2. The first-order valence-electron chi connectivity index (χ1n) is 7.82. The van der Waals surface area contributed by atoms with Gasteiger partial charge < -0.3 is 15.0 Å². The molecule has 25 heavy (non-hydrogen) atoms. The van der Waals surface area contributed by atoms with E-state index in [1.165, 1.54) is 6.92 Å². The monoisotopic (exact) mass is 334 g/mol. The lowest BCUT2D eigenvalue weighted by atomic mass is 9.98. The lowest BCUT2D eigenvalue weighted by Crippen LogP contribution is -2.05. The second-order valence-corrected chi connectivity index (χ2v) is 5.60. The zero-order chi connectivity index (χ0) is 17.8. The molecule has 1 heterocycles. The van der Waals surface area contributed by atoms with Crippen LogP contribution >= 0.6 is 0 Å². The molecule has 2 N–H and O–H groups in total. The molecule has 0 fully saturated rings. The Balaban J connectivity index is 1.89. The Morgan fingerprint density at radius 1 is 0.960 bits per heavy atom. The van der Waals surface area contributed by atoms with E-state index in [0.29, 0.717) is 16.9 Å². The number of carbonyl (C=O) groups excluding carboxylic acids is 2. The third kappa shape index (κ3) is 3.61. The molecule has 1 aromatic heterocycles. The van der Waals surface area contributed by atoms with Crippen LogP contribution in [0.5, 0.6) is 5.75 Å². The van der Waals surface area contributed by atoms with Crippen molar-refractivity contribution in [2.24, 2.45) is 0 Å². The van der Waals surface area contributed by atoms with Crippen molar-refractivity contribution in [2.75, 3.05) is 12.4 Å². The van der Waals surface area contributed by atoms with Crippen molar-refractivity contribution in [1.29, 1.82) is 0 Å². The SMILES string of the molecule is COc1ccc(C(=O)c2c[nH]cc2-c2ccc(NC(C)=O)cc2)cc1. The molecule has 5 nitrogen and oxygen atoms in total. The summed E-state index contributed by atoms with van der Waals surface area (Å²) in [6, 6.07) is 14.4. The summed E-state index contributed by atoms with van der Waals surface area (Å²) in [4.78, 5) is 26.9. The van der Waals surface area contributed by atoms with Gasteiger partial charge in [0.2, 0.25) is 5.91 Å². The minimum Gasteiger partial charge on any atom is -0.497 e. The van der Waals surface area contributed by atoms with Crippen molar-refractivity contribution in [3.63, 3.8) is 0 Å². The van der Waals surface area contributed by atoms with Crippen LogP contribution in [-0.2, 0) is 4.79 Å². The normalized spacial score (nSPS) is 10.3. The number of ether oxygens (including phenoxy) is 1. The highest BCUT2D eigenvalue weighted by Gasteiger charge is 2.16. The van der Waals surface area contributed by atoms with Gasteiger partial charge >= 0.3 is 0 Å². The van der Waals surface area contributed by atoms with Crippen LogP contribution in [0.25, 0.3) is 11.1 Å². The average molecular weight is 334 g/mol. The van der Waals surface area contributed by atoms with Crippen molar-refractivity contribution in [1.82, 2.24) is 4.98 Å². The Morgan fingerprint density at radius 3 is 2.24 bits per heavy atom. The van der Waals surface area contributed by atoms with Crippen molar-refractivity contribution in [3.8, 4) is 16.9 Å². The molecule has 0 bridgehead atoms. The second kappa shape index (κ2) is 7.05. The van der Waals surface area contributed by atoms with Crippen LogP contribution in [0.4, 0.5) is 5.69 Å². The number of hydrogen-bond acceptors (Lipinski definition) is 3. The average Bonchev–Trinajstić information content (AvgIpc) is 3.11. The molecule has 3 aromatic rings. The molecule has 1 amide bonds. The quantitative estimate of drug-likeness (QED) is 0.696. The Morgan fingerprint density at radius 2 is 1.64 bits per heavy atom. The zero-order valence-corrected chi connectivity index (χ0v) is 14.0. The third-order valence-corrected chi connectivity index (χ3v) is 3.86. The Hall–Kier alpha value is -3.34. The standard InChI is InChI=1S/C20H18N2O3/c1-13(23)22-16-7-3-14(4-8-16)18-11-21-12-19(18)20(24)15-5-9-17(25-2)10-6-15/h3-12,21H,1-2H3,(H,22,23). The van der Waals surface area contributed by atoms with Crippen LogP contribution in [0.1, 0.15) is 22.8 Å². The molecule has 0 saturated carbocycles. The van der Waals surface area contributed by atoms with Gasteiger partial charge in [-0.2, -0.15) is 0 Å². The van der Waals surface area contributed by atoms with Gasteiger partial charge in [-0.05, 0) is 42.0 Å². The summed E-state index contributed by atoms with van der Waals surface area (Å²) in [5.41, 5.74) is 3.62. The Kier molecular flexibility index (Phi) is 4.66. The van der Waals surface area contributed by atoms with Crippen LogP contribution in [0.15, 0.2) is 60.9 Å². The minimum atomic E-state index is -0.121. The van der Waals surface area contributed by atoms with E-state index < -0.39 is 0 Å². The number of anilines is 1. The molecule has 0 unspecified atom stereocenters. The van der Waals surface area contributed by atoms with E-state index >= 15 is 0 Å². The first-order valence-corrected chi connectivity index (χ1v) is 7.82. The Labute approximate surface area is 145 Å². The number of nitrogens with one attached hydrogen (secondary N) is 2. The number of methoxy groups -OCH3 is 1. The smallest absolute Gasteiger partial charge is 0.221 e. The first-order chi connectivity index (χ1) is 12.1. The second-order valence-electron chi connectivity index (χ2n) is 5.60. The lowest BCUT2D eigenvalue weighted by molar-refractivity contribution is -0.114. The van der Waals surface area contributed by atoms with Crippen LogP contribution < -0.4 is 10.1 Å². The van der Waals surface area contributed by atoms with E-state index in [1.54, 1.807) is 43.8 Å². The van der Waals surface area contributed by atoms with E-state index in [1.807, 2.05) is 24.3 Å². The van der Waals surface area contributed by atoms with Crippen LogP contribution in [0.3, 0.4) is 0 Å². The molecule has 0 atom stereocenters. The number of hydrogen-bond donors (Lipinski definition) is 2. The molecule has 0 aliphatic rings. The maximum absolute atomic E-state index is 12.8. The molecular weight excluding hydrogens is 316 g/mol. The molecule has 0 aliphatic carbocycles. The van der Waals surface area contributed by atoms with Crippen LogP contribution in [-0.4, -0.2) is 23.8 Å². The number of amides is 1. The number of rotatable bonds is 5. The summed E-state index contributed by atoms with van der Waals surface area (Å²) in [6.07, 6.45) is 3.49. The summed E-state index contributed by atoms with van der Waals surface area (Å²) in [5, 5.41) is 2.73. The number of carbonyl (C=O) groups is 2. The van der Waals surface area contributed by atoms with Gasteiger partial charge in [-0.1, -0.05) is 12.1 Å². The minimum absolute atomic E-state index is 0.0650. The van der Waals surface area contributed by atoms with Crippen molar-refractivity contribution in [3.05, 3.63) is 72.1 Å². The van der Waals surface area contributed by atoms with E-state index in [0.717, 1.165) is 16.8 Å². The summed E-state index contributed by atoms with van der Waals surface area (Å²) in [6.45, 7) is 1.46. The number of H-pyrrole nitrogens is 1. The number of aromatic amines is 1.